The van der Waals surface area contributed by atoms with Crippen LogP contribution in [0.3, 0.4) is 0 Å². The third-order valence-corrected chi connectivity index (χ3v) is 8.44. The van der Waals surface area contributed by atoms with Crippen LogP contribution < -0.4 is 0 Å². The van der Waals surface area contributed by atoms with Gasteiger partial charge in [-0.1, -0.05) is 13.8 Å². The Labute approximate surface area is 133 Å². The lowest BCUT2D eigenvalue weighted by Gasteiger charge is -2.61. The van der Waals surface area contributed by atoms with Gasteiger partial charge in [-0.25, -0.2) is 0 Å². The number of ketones is 1. The number of fused-ring (bicyclic) bond motifs is 5. The number of rotatable bonds is 0. The SMILES string of the molecule is CC12CCC3C(CCC4CC(O)CC(O)C43C)C1CCC2=O. The van der Waals surface area contributed by atoms with Gasteiger partial charge in [-0.15, -0.1) is 0 Å². The van der Waals surface area contributed by atoms with E-state index in [1.165, 1.54) is 6.42 Å². The Morgan fingerprint density at radius 3 is 2.55 bits per heavy atom. The van der Waals surface area contributed by atoms with Crippen molar-refractivity contribution in [1.29, 1.82) is 0 Å². The summed E-state index contributed by atoms with van der Waals surface area (Å²) in [6.07, 6.45) is 6.93. The molecule has 4 aliphatic rings. The van der Waals surface area contributed by atoms with Gasteiger partial charge in [0.15, 0.2) is 0 Å². The summed E-state index contributed by atoms with van der Waals surface area (Å²) in [5.74, 6) is 2.63. The van der Waals surface area contributed by atoms with Gasteiger partial charge in [0.25, 0.3) is 0 Å². The lowest BCUT2D eigenvalue weighted by molar-refractivity contribution is -0.179. The van der Waals surface area contributed by atoms with Crippen LogP contribution in [0.5, 0.6) is 0 Å². The van der Waals surface area contributed by atoms with E-state index in [9.17, 15) is 15.0 Å². The molecule has 3 heteroatoms. The number of hydrogen-bond donors (Lipinski definition) is 2. The van der Waals surface area contributed by atoms with Gasteiger partial charge in [0, 0.05) is 11.8 Å². The standard InChI is InChI=1S/C19H30O3/c1-18-8-7-15-13(14(18)5-6-16(18)21)4-3-11-9-12(20)10-17(22)19(11,15)2/h11-15,17,20,22H,3-10H2,1-2H3. The molecule has 4 saturated carbocycles. The van der Waals surface area contributed by atoms with E-state index in [0.29, 0.717) is 35.9 Å². The molecule has 0 aromatic carbocycles. The van der Waals surface area contributed by atoms with Gasteiger partial charge in [-0.05, 0) is 74.0 Å². The second-order valence-electron chi connectivity index (χ2n) is 9.08. The first-order valence-corrected chi connectivity index (χ1v) is 9.26. The molecule has 0 radical (unpaired) electrons. The Hall–Kier alpha value is -0.410. The minimum absolute atomic E-state index is 0.0465. The highest BCUT2D eigenvalue weighted by Gasteiger charge is 2.62. The average molecular weight is 306 g/mol. The molecular formula is C19H30O3. The van der Waals surface area contributed by atoms with Crippen molar-refractivity contribution < 1.29 is 15.0 Å². The Morgan fingerprint density at radius 2 is 1.77 bits per heavy atom. The van der Waals surface area contributed by atoms with E-state index in [1.54, 1.807) is 0 Å². The fourth-order valence-electron chi connectivity index (χ4n) is 7.07. The fraction of sp³-hybridized carbons (Fsp3) is 0.947. The fourth-order valence-corrected chi connectivity index (χ4v) is 7.07. The van der Waals surface area contributed by atoms with E-state index in [1.807, 2.05) is 0 Å². The van der Waals surface area contributed by atoms with Gasteiger partial charge in [0.05, 0.1) is 12.2 Å². The lowest BCUT2D eigenvalue weighted by atomic mass is 9.44. The highest BCUT2D eigenvalue weighted by atomic mass is 16.3. The minimum Gasteiger partial charge on any atom is -0.393 e. The molecule has 22 heavy (non-hydrogen) atoms. The highest BCUT2D eigenvalue weighted by molar-refractivity contribution is 5.87. The second-order valence-corrected chi connectivity index (χ2v) is 9.08. The van der Waals surface area contributed by atoms with Crippen molar-refractivity contribution in [2.45, 2.75) is 77.4 Å². The van der Waals surface area contributed by atoms with E-state index < -0.39 is 0 Å². The summed E-state index contributed by atoms with van der Waals surface area (Å²) >= 11 is 0. The zero-order valence-corrected chi connectivity index (χ0v) is 13.9. The van der Waals surface area contributed by atoms with Crippen molar-refractivity contribution in [3.05, 3.63) is 0 Å². The Kier molecular flexibility index (Phi) is 3.30. The maximum Gasteiger partial charge on any atom is 0.139 e. The van der Waals surface area contributed by atoms with Crippen LogP contribution >= 0.6 is 0 Å². The zero-order chi connectivity index (χ0) is 15.7. The molecule has 0 aromatic rings. The van der Waals surface area contributed by atoms with Gasteiger partial charge in [-0.2, -0.15) is 0 Å². The van der Waals surface area contributed by atoms with Crippen LogP contribution in [0.2, 0.25) is 0 Å². The molecule has 0 aromatic heterocycles. The predicted octanol–water partition coefficient (Wildman–Crippen LogP) is 2.93. The number of hydrogen-bond acceptors (Lipinski definition) is 3. The molecule has 4 aliphatic carbocycles. The number of aliphatic hydroxyl groups is 2. The molecule has 0 aliphatic heterocycles. The van der Waals surface area contributed by atoms with Crippen molar-refractivity contribution in [2.75, 3.05) is 0 Å². The monoisotopic (exact) mass is 306 g/mol. The molecule has 3 nitrogen and oxygen atoms in total. The van der Waals surface area contributed by atoms with Crippen LogP contribution in [-0.4, -0.2) is 28.2 Å². The molecule has 8 atom stereocenters. The van der Waals surface area contributed by atoms with E-state index in [-0.39, 0.29) is 23.0 Å². The maximum absolute atomic E-state index is 12.4. The smallest absolute Gasteiger partial charge is 0.139 e. The van der Waals surface area contributed by atoms with Gasteiger partial charge in [0.1, 0.15) is 5.78 Å². The van der Waals surface area contributed by atoms with Crippen LogP contribution in [0, 0.1) is 34.5 Å². The van der Waals surface area contributed by atoms with E-state index in [2.05, 4.69) is 13.8 Å². The third kappa shape index (κ3) is 1.78. The van der Waals surface area contributed by atoms with Gasteiger partial charge >= 0.3 is 0 Å². The van der Waals surface area contributed by atoms with Crippen LogP contribution in [-0.2, 0) is 4.79 Å². The van der Waals surface area contributed by atoms with Crippen LogP contribution in [0.25, 0.3) is 0 Å². The molecule has 0 heterocycles. The Balaban J connectivity index is 1.67. The van der Waals surface area contributed by atoms with Crippen LogP contribution in [0.1, 0.15) is 65.2 Å². The largest absolute Gasteiger partial charge is 0.393 e. The molecule has 0 saturated heterocycles. The summed E-state index contributed by atoms with van der Waals surface area (Å²) in [6.45, 7) is 4.49. The molecule has 4 rings (SSSR count). The summed E-state index contributed by atoms with van der Waals surface area (Å²) in [7, 11) is 0. The maximum atomic E-state index is 12.4. The van der Waals surface area contributed by atoms with Crippen molar-refractivity contribution in [3.63, 3.8) is 0 Å². The topological polar surface area (TPSA) is 57.5 Å². The minimum atomic E-state index is -0.379. The van der Waals surface area contributed by atoms with Crippen molar-refractivity contribution in [2.24, 2.45) is 34.5 Å². The first-order valence-electron chi connectivity index (χ1n) is 9.26. The predicted molar refractivity (Wildman–Crippen MR) is 84.1 cm³/mol. The normalized spacial score (nSPS) is 57.9. The van der Waals surface area contributed by atoms with Crippen molar-refractivity contribution in [1.82, 2.24) is 0 Å². The first kappa shape index (κ1) is 15.1. The van der Waals surface area contributed by atoms with E-state index >= 15 is 0 Å². The number of Topliss-reactive ketones (excluding diaryl/α,β-unsaturated/α-hetero) is 1. The molecule has 0 spiro atoms. The summed E-state index contributed by atoms with van der Waals surface area (Å²) in [5, 5.41) is 20.9. The molecule has 4 fully saturated rings. The van der Waals surface area contributed by atoms with Crippen molar-refractivity contribution >= 4 is 5.78 Å². The quantitative estimate of drug-likeness (QED) is 0.723. The number of carbonyl (C=O) groups is 1. The summed E-state index contributed by atoms with van der Waals surface area (Å²) in [4.78, 5) is 12.4. The number of carbonyl (C=O) groups excluding carboxylic acids is 1. The zero-order valence-electron chi connectivity index (χ0n) is 13.9. The average Bonchev–Trinajstić information content (AvgIpc) is 2.77. The van der Waals surface area contributed by atoms with Crippen molar-refractivity contribution in [3.8, 4) is 0 Å². The van der Waals surface area contributed by atoms with Crippen LogP contribution in [0.4, 0.5) is 0 Å². The summed E-state index contributed by atoms with van der Waals surface area (Å²) in [5.41, 5.74) is -0.126. The third-order valence-electron chi connectivity index (χ3n) is 8.44. The first-order chi connectivity index (χ1) is 10.4. The Bertz CT molecular complexity index is 489. The highest BCUT2D eigenvalue weighted by Crippen LogP contribution is 2.65. The molecule has 8 unspecified atom stereocenters. The Morgan fingerprint density at radius 1 is 1.00 bits per heavy atom. The van der Waals surface area contributed by atoms with Gasteiger partial charge < -0.3 is 10.2 Å². The molecule has 0 amide bonds. The van der Waals surface area contributed by atoms with E-state index in [4.69, 9.17) is 0 Å². The molecule has 2 N–H and O–H groups in total. The lowest BCUT2D eigenvalue weighted by Crippen LogP contribution is -2.59. The van der Waals surface area contributed by atoms with Gasteiger partial charge in [-0.3, -0.25) is 4.79 Å². The molecular weight excluding hydrogens is 276 g/mol. The van der Waals surface area contributed by atoms with Crippen LogP contribution in [0.15, 0.2) is 0 Å². The molecule has 0 bridgehead atoms. The number of aliphatic hydroxyl groups excluding tert-OH is 2. The summed E-state index contributed by atoms with van der Waals surface area (Å²) in [6, 6.07) is 0. The second kappa shape index (κ2) is 4.80. The molecule has 124 valence electrons. The van der Waals surface area contributed by atoms with Gasteiger partial charge in [0.2, 0.25) is 0 Å². The summed E-state index contributed by atoms with van der Waals surface area (Å²) < 4.78 is 0. The van der Waals surface area contributed by atoms with E-state index in [0.717, 1.165) is 38.5 Å².